The van der Waals surface area contributed by atoms with Gasteiger partial charge in [-0.1, -0.05) is 11.8 Å². The Balaban J connectivity index is 1.89. The Morgan fingerprint density at radius 1 is 1.44 bits per heavy atom. The van der Waals surface area contributed by atoms with E-state index in [1.165, 1.54) is 11.8 Å². The molecule has 0 saturated heterocycles. The monoisotopic (exact) mass is 261 g/mol. The molecule has 0 aliphatic rings. The zero-order valence-corrected chi connectivity index (χ0v) is 11.1. The van der Waals surface area contributed by atoms with Gasteiger partial charge in [-0.2, -0.15) is 5.10 Å². The molecule has 18 heavy (non-hydrogen) atoms. The van der Waals surface area contributed by atoms with E-state index in [9.17, 15) is 4.79 Å². The minimum absolute atomic E-state index is 0.173. The first-order valence-corrected chi connectivity index (χ1v) is 6.81. The summed E-state index contributed by atoms with van der Waals surface area (Å²) in [7, 11) is 0. The SMILES string of the molecule is CC(=O)SCCCn1ccc(-c2cccnc2)n1. The third kappa shape index (κ3) is 3.70. The molecule has 0 spiro atoms. The van der Waals surface area contributed by atoms with E-state index in [4.69, 9.17) is 0 Å². The normalized spacial score (nSPS) is 10.5. The minimum Gasteiger partial charge on any atom is -0.288 e. The van der Waals surface area contributed by atoms with E-state index < -0.39 is 0 Å². The van der Waals surface area contributed by atoms with Crippen molar-refractivity contribution in [2.45, 2.75) is 19.9 Å². The van der Waals surface area contributed by atoms with Crippen molar-refractivity contribution in [3.63, 3.8) is 0 Å². The number of aromatic nitrogens is 3. The molecule has 2 aromatic rings. The number of nitrogens with zero attached hydrogens (tertiary/aromatic N) is 3. The summed E-state index contributed by atoms with van der Waals surface area (Å²) in [4.78, 5) is 14.9. The number of hydrogen-bond acceptors (Lipinski definition) is 4. The highest BCUT2D eigenvalue weighted by Gasteiger charge is 2.02. The minimum atomic E-state index is 0.173. The van der Waals surface area contributed by atoms with Crippen molar-refractivity contribution in [2.24, 2.45) is 0 Å². The van der Waals surface area contributed by atoms with Gasteiger partial charge in [0, 0.05) is 43.4 Å². The lowest BCUT2D eigenvalue weighted by atomic mass is 10.2. The Hall–Kier alpha value is -1.62. The fraction of sp³-hybridized carbons (Fsp3) is 0.308. The Labute approximate surface area is 110 Å². The number of hydrogen-bond donors (Lipinski definition) is 0. The van der Waals surface area contributed by atoms with Crippen LogP contribution >= 0.6 is 11.8 Å². The molecule has 0 bridgehead atoms. The Kier molecular flexibility index (Phi) is 4.52. The zero-order valence-electron chi connectivity index (χ0n) is 10.2. The van der Waals surface area contributed by atoms with Gasteiger partial charge in [0.25, 0.3) is 0 Å². The average Bonchev–Trinajstić information content (AvgIpc) is 2.84. The van der Waals surface area contributed by atoms with E-state index in [-0.39, 0.29) is 5.12 Å². The third-order valence-corrected chi connectivity index (χ3v) is 3.33. The van der Waals surface area contributed by atoms with Crippen LogP contribution in [-0.4, -0.2) is 25.6 Å². The summed E-state index contributed by atoms with van der Waals surface area (Å²) in [6.45, 7) is 2.43. The first kappa shape index (κ1) is 12.8. The fourth-order valence-electron chi connectivity index (χ4n) is 1.60. The van der Waals surface area contributed by atoms with Gasteiger partial charge in [-0.05, 0) is 24.6 Å². The summed E-state index contributed by atoms with van der Waals surface area (Å²) >= 11 is 1.36. The first-order chi connectivity index (χ1) is 8.75. The maximum Gasteiger partial charge on any atom is 0.185 e. The van der Waals surface area contributed by atoms with Crippen LogP contribution < -0.4 is 0 Å². The van der Waals surface area contributed by atoms with E-state index >= 15 is 0 Å². The number of aryl methyl sites for hydroxylation is 1. The van der Waals surface area contributed by atoms with Crippen LogP contribution in [-0.2, 0) is 11.3 Å². The second-order valence-electron chi connectivity index (χ2n) is 3.90. The summed E-state index contributed by atoms with van der Waals surface area (Å²) in [6, 6.07) is 5.87. The molecule has 0 atom stereocenters. The lowest BCUT2D eigenvalue weighted by Gasteiger charge is -2.00. The van der Waals surface area contributed by atoms with Crippen molar-refractivity contribution in [3.8, 4) is 11.3 Å². The van der Waals surface area contributed by atoms with Crippen LogP contribution in [0.5, 0.6) is 0 Å². The van der Waals surface area contributed by atoms with Crippen LogP contribution in [0.3, 0.4) is 0 Å². The van der Waals surface area contributed by atoms with Crippen LogP contribution in [0.15, 0.2) is 36.8 Å². The van der Waals surface area contributed by atoms with E-state index in [2.05, 4.69) is 10.1 Å². The molecule has 0 aliphatic heterocycles. The molecule has 0 N–H and O–H groups in total. The summed E-state index contributed by atoms with van der Waals surface area (Å²) in [5, 5.41) is 4.65. The molecule has 0 aromatic carbocycles. The smallest absolute Gasteiger partial charge is 0.185 e. The van der Waals surface area contributed by atoms with Crippen molar-refractivity contribution in [1.82, 2.24) is 14.8 Å². The van der Waals surface area contributed by atoms with Gasteiger partial charge in [0.1, 0.15) is 0 Å². The average molecular weight is 261 g/mol. The summed E-state index contributed by atoms with van der Waals surface area (Å²) in [5.74, 6) is 0.845. The lowest BCUT2D eigenvalue weighted by Crippen LogP contribution is -2.00. The summed E-state index contributed by atoms with van der Waals surface area (Å²) in [5.41, 5.74) is 1.96. The van der Waals surface area contributed by atoms with Gasteiger partial charge in [-0.25, -0.2) is 0 Å². The highest BCUT2D eigenvalue weighted by Crippen LogP contribution is 2.15. The van der Waals surface area contributed by atoms with Crippen LogP contribution in [0.1, 0.15) is 13.3 Å². The summed E-state index contributed by atoms with van der Waals surface area (Å²) < 4.78 is 1.91. The fourth-order valence-corrected chi connectivity index (χ4v) is 2.16. The van der Waals surface area contributed by atoms with Crippen LogP contribution in [0.2, 0.25) is 0 Å². The number of carbonyl (C=O) groups is 1. The van der Waals surface area contributed by atoms with E-state index in [0.717, 1.165) is 30.0 Å². The topological polar surface area (TPSA) is 47.8 Å². The van der Waals surface area contributed by atoms with Gasteiger partial charge in [0.05, 0.1) is 5.69 Å². The molecule has 0 radical (unpaired) electrons. The van der Waals surface area contributed by atoms with Gasteiger partial charge >= 0.3 is 0 Å². The van der Waals surface area contributed by atoms with Crippen molar-refractivity contribution < 1.29 is 4.79 Å². The molecule has 0 unspecified atom stereocenters. The molecule has 2 aromatic heterocycles. The van der Waals surface area contributed by atoms with E-state index in [0.29, 0.717) is 0 Å². The predicted octanol–water partition coefficient (Wildman–Crippen LogP) is 2.61. The molecule has 0 amide bonds. The maximum absolute atomic E-state index is 10.8. The molecule has 2 rings (SSSR count). The summed E-state index contributed by atoms with van der Waals surface area (Å²) in [6.07, 6.45) is 6.46. The number of rotatable bonds is 5. The van der Waals surface area contributed by atoms with Gasteiger partial charge in [-0.3, -0.25) is 14.5 Å². The molecular weight excluding hydrogens is 246 g/mol. The quantitative estimate of drug-likeness (QED) is 0.776. The second kappa shape index (κ2) is 6.35. The van der Waals surface area contributed by atoms with Gasteiger partial charge in [0.2, 0.25) is 0 Å². The number of pyridine rings is 1. The lowest BCUT2D eigenvalue weighted by molar-refractivity contribution is -0.109. The van der Waals surface area contributed by atoms with Crippen LogP contribution in [0.4, 0.5) is 0 Å². The third-order valence-electron chi connectivity index (χ3n) is 2.43. The molecule has 94 valence electrons. The zero-order chi connectivity index (χ0) is 12.8. The van der Waals surface area contributed by atoms with Crippen molar-refractivity contribution in [1.29, 1.82) is 0 Å². The largest absolute Gasteiger partial charge is 0.288 e. The Morgan fingerprint density at radius 3 is 3.06 bits per heavy atom. The molecule has 5 heteroatoms. The van der Waals surface area contributed by atoms with Gasteiger partial charge in [-0.15, -0.1) is 0 Å². The molecule has 0 aliphatic carbocycles. The molecule has 0 saturated carbocycles. The maximum atomic E-state index is 10.8. The molecule has 0 fully saturated rings. The van der Waals surface area contributed by atoms with E-state index in [1.54, 1.807) is 19.3 Å². The second-order valence-corrected chi connectivity index (χ2v) is 5.17. The molecule has 4 nitrogen and oxygen atoms in total. The van der Waals surface area contributed by atoms with Crippen LogP contribution in [0, 0.1) is 0 Å². The van der Waals surface area contributed by atoms with Crippen LogP contribution in [0.25, 0.3) is 11.3 Å². The molecule has 2 heterocycles. The van der Waals surface area contributed by atoms with Gasteiger partial charge in [0.15, 0.2) is 5.12 Å². The number of thioether (sulfide) groups is 1. The number of carbonyl (C=O) groups excluding carboxylic acids is 1. The highest BCUT2D eigenvalue weighted by molar-refractivity contribution is 8.13. The van der Waals surface area contributed by atoms with Gasteiger partial charge < -0.3 is 0 Å². The Bertz CT molecular complexity index is 510. The Morgan fingerprint density at radius 2 is 2.33 bits per heavy atom. The molecular formula is C13H15N3OS. The van der Waals surface area contributed by atoms with Crippen molar-refractivity contribution in [3.05, 3.63) is 36.8 Å². The first-order valence-electron chi connectivity index (χ1n) is 5.83. The van der Waals surface area contributed by atoms with Crippen molar-refractivity contribution in [2.75, 3.05) is 5.75 Å². The standard InChI is InChI=1S/C13H15N3OS/c1-11(17)18-9-3-7-16-8-5-13(15-16)12-4-2-6-14-10-12/h2,4-6,8,10H,3,7,9H2,1H3. The van der Waals surface area contributed by atoms with Crippen molar-refractivity contribution >= 4 is 16.9 Å². The van der Waals surface area contributed by atoms with E-state index in [1.807, 2.05) is 29.1 Å². The highest BCUT2D eigenvalue weighted by atomic mass is 32.2. The predicted molar refractivity (Wildman–Crippen MR) is 73.2 cm³/mol.